The first-order valence-electron chi connectivity index (χ1n) is 10.3. The summed E-state index contributed by atoms with van der Waals surface area (Å²) in [6.45, 7) is 7.87. The maximum absolute atomic E-state index is 13.3. The Morgan fingerprint density at radius 3 is 2.26 bits per heavy atom. The molecule has 0 radical (unpaired) electrons. The van der Waals surface area contributed by atoms with Crippen molar-refractivity contribution < 1.29 is 14.0 Å². The summed E-state index contributed by atoms with van der Waals surface area (Å²) in [5, 5.41) is 3.65. The highest BCUT2D eigenvalue weighted by Gasteiger charge is 2.30. The third-order valence-electron chi connectivity index (χ3n) is 4.55. The lowest BCUT2D eigenvalue weighted by Crippen LogP contribution is -2.53. The molecule has 1 N–H and O–H groups in total. The zero-order valence-electron chi connectivity index (χ0n) is 18.5. The molecule has 168 valence electrons. The fourth-order valence-corrected chi connectivity index (χ4v) is 4.06. The molecule has 2 aromatic carbocycles. The summed E-state index contributed by atoms with van der Waals surface area (Å²) in [5.74, 6) is -0.0476. The van der Waals surface area contributed by atoms with E-state index in [1.165, 1.54) is 12.1 Å². The van der Waals surface area contributed by atoms with Gasteiger partial charge in [0.1, 0.15) is 11.9 Å². The van der Waals surface area contributed by atoms with E-state index in [0.717, 1.165) is 10.5 Å². The smallest absolute Gasteiger partial charge is 0.243 e. The number of carbonyl (C=O) groups is 2. The number of halogens is 2. The van der Waals surface area contributed by atoms with Crippen molar-refractivity contribution in [2.24, 2.45) is 0 Å². The summed E-state index contributed by atoms with van der Waals surface area (Å²) in [7, 11) is 0. The maximum Gasteiger partial charge on any atom is 0.243 e. The topological polar surface area (TPSA) is 49.4 Å². The van der Waals surface area contributed by atoms with E-state index in [0.29, 0.717) is 17.2 Å². The minimum atomic E-state index is -0.600. The summed E-state index contributed by atoms with van der Waals surface area (Å²) in [5.41, 5.74) is 0.376. The SMILES string of the molecule is CC[C@@H](C(=O)NC(C)(C)C)N(Cc1ccc(F)cc1)C(=O)CCSc1ccc(Cl)cc1. The molecule has 0 aromatic heterocycles. The van der Waals surface area contributed by atoms with Crippen molar-refractivity contribution >= 4 is 35.2 Å². The van der Waals surface area contributed by atoms with Crippen LogP contribution in [0.3, 0.4) is 0 Å². The van der Waals surface area contributed by atoms with Gasteiger partial charge in [-0.1, -0.05) is 30.7 Å². The predicted octanol–water partition coefficient (Wildman–Crippen LogP) is 5.68. The lowest BCUT2D eigenvalue weighted by Gasteiger charge is -2.33. The van der Waals surface area contributed by atoms with Gasteiger partial charge in [-0.15, -0.1) is 11.8 Å². The van der Waals surface area contributed by atoms with Crippen molar-refractivity contribution in [3.05, 3.63) is 64.9 Å². The molecule has 0 bridgehead atoms. The average molecular weight is 465 g/mol. The molecule has 1 atom stereocenters. The van der Waals surface area contributed by atoms with Gasteiger partial charge >= 0.3 is 0 Å². The van der Waals surface area contributed by atoms with E-state index in [4.69, 9.17) is 11.6 Å². The van der Waals surface area contributed by atoms with Crippen LogP contribution in [-0.2, 0) is 16.1 Å². The fourth-order valence-electron chi connectivity index (χ4n) is 3.09. The van der Waals surface area contributed by atoms with Gasteiger partial charge in [0.2, 0.25) is 11.8 Å². The quantitative estimate of drug-likeness (QED) is 0.485. The molecule has 0 heterocycles. The zero-order chi connectivity index (χ0) is 23.0. The fraction of sp³-hybridized carbons (Fsp3) is 0.417. The van der Waals surface area contributed by atoms with Crippen LogP contribution in [0, 0.1) is 5.82 Å². The van der Waals surface area contributed by atoms with Gasteiger partial charge in [-0.3, -0.25) is 9.59 Å². The van der Waals surface area contributed by atoms with Crippen LogP contribution in [0.4, 0.5) is 4.39 Å². The highest BCUT2D eigenvalue weighted by atomic mass is 35.5. The number of nitrogens with one attached hydrogen (secondary N) is 1. The molecule has 0 fully saturated rings. The lowest BCUT2D eigenvalue weighted by atomic mass is 10.1. The molecular weight excluding hydrogens is 435 g/mol. The third-order valence-corrected chi connectivity index (χ3v) is 5.81. The van der Waals surface area contributed by atoms with E-state index in [-0.39, 0.29) is 30.6 Å². The Morgan fingerprint density at radius 2 is 1.71 bits per heavy atom. The van der Waals surface area contributed by atoms with Crippen LogP contribution in [0.2, 0.25) is 5.02 Å². The maximum atomic E-state index is 13.3. The molecule has 0 saturated carbocycles. The summed E-state index contributed by atoms with van der Waals surface area (Å²) in [6, 6.07) is 12.9. The van der Waals surface area contributed by atoms with E-state index in [1.54, 1.807) is 28.8 Å². The molecule has 4 nitrogen and oxygen atoms in total. The molecule has 7 heteroatoms. The van der Waals surface area contributed by atoms with Crippen LogP contribution in [0.25, 0.3) is 0 Å². The number of hydrogen-bond acceptors (Lipinski definition) is 3. The highest BCUT2D eigenvalue weighted by Crippen LogP contribution is 2.22. The van der Waals surface area contributed by atoms with Crippen LogP contribution in [0.15, 0.2) is 53.4 Å². The standard InChI is InChI=1S/C24H30ClFN2O2S/c1-5-21(23(30)27-24(2,3)4)28(16-17-6-10-19(26)11-7-17)22(29)14-15-31-20-12-8-18(25)9-13-20/h6-13,21H,5,14-16H2,1-4H3,(H,27,30)/t21-/m0/s1. The molecule has 0 aliphatic rings. The molecule has 0 aliphatic carbocycles. The molecule has 2 aromatic rings. The van der Waals surface area contributed by atoms with Crippen molar-refractivity contribution in [1.82, 2.24) is 10.2 Å². The summed E-state index contributed by atoms with van der Waals surface area (Å²) >= 11 is 7.48. The van der Waals surface area contributed by atoms with Gasteiger partial charge in [-0.2, -0.15) is 0 Å². The predicted molar refractivity (Wildman–Crippen MR) is 126 cm³/mol. The minimum Gasteiger partial charge on any atom is -0.350 e. The number of thioether (sulfide) groups is 1. The second kappa shape index (κ2) is 11.5. The first-order valence-corrected chi connectivity index (χ1v) is 11.7. The molecule has 2 amide bonds. The van der Waals surface area contributed by atoms with Gasteiger partial charge in [0, 0.05) is 34.2 Å². The molecule has 0 spiro atoms. The van der Waals surface area contributed by atoms with Gasteiger partial charge in [0.05, 0.1) is 0 Å². The Hall–Kier alpha value is -2.05. The number of carbonyl (C=O) groups excluding carboxylic acids is 2. The highest BCUT2D eigenvalue weighted by molar-refractivity contribution is 7.99. The van der Waals surface area contributed by atoms with Crippen LogP contribution in [0.1, 0.15) is 46.1 Å². The Balaban J connectivity index is 2.14. The van der Waals surface area contributed by atoms with Gasteiger partial charge in [-0.25, -0.2) is 4.39 Å². The Kier molecular flexibility index (Phi) is 9.38. The van der Waals surface area contributed by atoms with Crippen molar-refractivity contribution in [2.45, 2.75) is 63.6 Å². The van der Waals surface area contributed by atoms with Crippen molar-refractivity contribution in [3.63, 3.8) is 0 Å². The Morgan fingerprint density at radius 1 is 1.10 bits per heavy atom. The molecule has 2 rings (SSSR count). The van der Waals surface area contributed by atoms with Crippen molar-refractivity contribution in [1.29, 1.82) is 0 Å². The second-order valence-electron chi connectivity index (χ2n) is 8.36. The van der Waals surface area contributed by atoms with E-state index < -0.39 is 11.6 Å². The van der Waals surface area contributed by atoms with E-state index >= 15 is 0 Å². The van der Waals surface area contributed by atoms with Crippen LogP contribution in [-0.4, -0.2) is 34.0 Å². The Labute approximate surface area is 193 Å². The van der Waals surface area contributed by atoms with Crippen molar-refractivity contribution in [3.8, 4) is 0 Å². The minimum absolute atomic E-state index is 0.110. The van der Waals surface area contributed by atoms with E-state index in [2.05, 4.69) is 5.32 Å². The van der Waals surface area contributed by atoms with E-state index in [1.807, 2.05) is 52.0 Å². The molecule has 31 heavy (non-hydrogen) atoms. The second-order valence-corrected chi connectivity index (χ2v) is 9.97. The van der Waals surface area contributed by atoms with Gasteiger partial charge in [0.15, 0.2) is 0 Å². The van der Waals surface area contributed by atoms with Crippen LogP contribution in [0.5, 0.6) is 0 Å². The van der Waals surface area contributed by atoms with Gasteiger partial charge in [-0.05, 0) is 69.2 Å². The lowest BCUT2D eigenvalue weighted by molar-refractivity contribution is -0.141. The monoisotopic (exact) mass is 464 g/mol. The average Bonchev–Trinajstić information content (AvgIpc) is 2.69. The van der Waals surface area contributed by atoms with E-state index in [9.17, 15) is 14.0 Å². The van der Waals surface area contributed by atoms with Crippen molar-refractivity contribution in [2.75, 3.05) is 5.75 Å². The number of hydrogen-bond donors (Lipinski definition) is 1. The van der Waals surface area contributed by atoms with Crippen LogP contribution >= 0.6 is 23.4 Å². The Bertz CT molecular complexity index is 867. The normalized spacial score (nSPS) is 12.3. The summed E-state index contributed by atoms with van der Waals surface area (Å²) in [4.78, 5) is 28.7. The molecule has 0 aliphatic heterocycles. The number of nitrogens with zero attached hydrogens (tertiary/aromatic N) is 1. The first kappa shape index (κ1) is 25.2. The van der Waals surface area contributed by atoms with Crippen LogP contribution < -0.4 is 5.32 Å². The largest absolute Gasteiger partial charge is 0.350 e. The number of rotatable bonds is 9. The van der Waals surface area contributed by atoms with Gasteiger partial charge < -0.3 is 10.2 Å². The number of benzene rings is 2. The summed E-state index contributed by atoms with van der Waals surface area (Å²) in [6.07, 6.45) is 0.771. The third kappa shape index (κ3) is 8.54. The summed E-state index contributed by atoms with van der Waals surface area (Å²) < 4.78 is 13.3. The molecule has 0 unspecified atom stereocenters. The zero-order valence-corrected chi connectivity index (χ0v) is 20.0. The first-order chi connectivity index (χ1) is 14.6. The molecular formula is C24H30ClFN2O2S. The number of amides is 2. The van der Waals surface area contributed by atoms with Gasteiger partial charge in [0.25, 0.3) is 0 Å². The molecule has 0 saturated heterocycles.